The molecule has 0 aromatic rings. The molecular formula is C10H24N2. The average molecular weight is 172 g/mol. The predicted molar refractivity (Wildman–Crippen MR) is 54.9 cm³/mol. The summed E-state index contributed by atoms with van der Waals surface area (Å²) in [5.41, 5.74) is 11.7. The van der Waals surface area contributed by atoms with Gasteiger partial charge in [0.05, 0.1) is 0 Å². The predicted octanol–water partition coefficient (Wildman–Crippen LogP) is 1.73. The van der Waals surface area contributed by atoms with Crippen LogP contribution in [0.4, 0.5) is 0 Å². The fraction of sp³-hybridized carbons (Fsp3) is 1.00. The highest BCUT2D eigenvalue weighted by atomic mass is 14.8. The third kappa shape index (κ3) is 2.20. The van der Waals surface area contributed by atoms with Crippen molar-refractivity contribution in [2.24, 2.45) is 22.8 Å². The van der Waals surface area contributed by atoms with E-state index >= 15 is 0 Å². The van der Waals surface area contributed by atoms with E-state index < -0.39 is 0 Å². The van der Waals surface area contributed by atoms with Gasteiger partial charge < -0.3 is 11.5 Å². The van der Waals surface area contributed by atoms with Crippen molar-refractivity contribution < 1.29 is 0 Å². The van der Waals surface area contributed by atoms with Crippen LogP contribution in [-0.2, 0) is 0 Å². The van der Waals surface area contributed by atoms with Gasteiger partial charge in [-0.25, -0.2) is 0 Å². The van der Waals surface area contributed by atoms with E-state index in [1.807, 2.05) is 0 Å². The first-order chi connectivity index (χ1) is 5.25. The molecule has 2 heteroatoms. The first-order valence-electron chi connectivity index (χ1n) is 4.74. The number of hydrogen-bond acceptors (Lipinski definition) is 2. The van der Waals surface area contributed by atoms with Gasteiger partial charge in [-0.15, -0.1) is 0 Å². The maximum atomic E-state index is 6.15. The van der Waals surface area contributed by atoms with E-state index in [0.717, 1.165) is 13.0 Å². The summed E-state index contributed by atoms with van der Waals surface area (Å²) in [4.78, 5) is 0. The van der Waals surface area contributed by atoms with Crippen LogP contribution in [0.1, 0.15) is 41.0 Å². The Hall–Kier alpha value is -0.0800. The Labute approximate surface area is 76.7 Å². The third-order valence-corrected chi connectivity index (χ3v) is 3.41. The highest BCUT2D eigenvalue weighted by Crippen LogP contribution is 2.39. The standard InChI is InChI=1S/C10H24N2/c1-8(2)10(5,6-7-11)9(3,4)12/h8H,6-7,11-12H2,1-5H3. The molecule has 0 aromatic heterocycles. The van der Waals surface area contributed by atoms with Gasteiger partial charge >= 0.3 is 0 Å². The summed E-state index contributed by atoms with van der Waals surface area (Å²) < 4.78 is 0. The Balaban J connectivity index is 4.62. The Kier molecular flexibility index (Phi) is 3.73. The molecule has 0 aliphatic rings. The van der Waals surface area contributed by atoms with Gasteiger partial charge in [0.15, 0.2) is 0 Å². The van der Waals surface area contributed by atoms with Crippen LogP contribution < -0.4 is 11.5 Å². The number of hydrogen-bond donors (Lipinski definition) is 2. The molecule has 1 atom stereocenters. The number of rotatable bonds is 4. The van der Waals surface area contributed by atoms with E-state index in [-0.39, 0.29) is 11.0 Å². The third-order valence-electron chi connectivity index (χ3n) is 3.41. The molecule has 0 aliphatic carbocycles. The normalized spacial score (nSPS) is 18.0. The Morgan fingerprint density at radius 2 is 1.58 bits per heavy atom. The molecule has 0 bridgehead atoms. The zero-order valence-corrected chi connectivity index (χ0v) is 9.15. The smallest absolute Gasteiger partial charge is 0.0154 e. The monoisotopic (exact) mass is 172 g/mol. The van der Waals surface area contributed by atoms with Crippen LogP contribution in [0, 0.1) is 11.3 Å². The Bertz CT molecular complexity index is 135. The van der Waals surface area contributed by atoms with Crippen molar-refractivity contribution in [3.05, 3.63) is 0 Å². The van der Waals surface area contributed by atoms with Crippen LogP contribution in [0.3, 0.4) is 0 Å². The Morgan fingerprint density at radius 1 is 1.17 bits per heavy atom. The van der Waals surface area contributed by atoms with Gasteiger partial charge in [-0.3, -0.25) is 0 Å². The van der Waals surface area contributed by atoms with Crippen molar-refractivity contribution in [2.75, 3.05) is 6.54 Å². The molecule has 0 spiro atoms. The van der Waals surface area contributed by atoms with Crippen molar-refractivity contribution >= 4 is 0 Å². The highest BCUT2D eigenvalue weighted by Gasteiger charge is 2.39. The van der Waals surface area contributed by atoms with Crippen LogP contribution >= 0.6 is 0 Å². The quantitative estimate of drug-likeness (QED) is 0.678. The summed E-state index contributed by atoms with van der Waals surface area (Å²) in [7, 11) is 0. The molecule has 0 saturated carbocycles. The minimum Gasteiger partial charge on any atom is -0.330 e. The lowest BCUT2D eigenvalue weighted by atomic mass is 9.64. The molecule has 0 aliphatic heterocycles. The summed E-state index contributed by atoms with van der Waals surface area (Å²) in [6, 6.07) is 0. The van der Waals surface area contributed by atoms with Gasteiger partial charge in [-0.1, -0.05) is 20.8 Å². The van der Waals surface area contributed by atoms with Gasteiger partial charge in [0.1, 0.15) is 0 Å². The molecule has 0 aromatic carbocycles. The first-order valence-corrected chi connectivity index (χ1v) is 4.74. The SMILES string of the molecule is CC(C)C(C)(CCN)C(C)(C)N. The lowest BCUT2D eigenvalue weighted by Crippen LogP contribution is -2.52. The molecule has 0 radical (unpaired) electrons. The van der Waals surface area contributed by atoms with E-state index in [9.17, 15) is 0 Å². The molecule has 0 rings (SSSR count). The second kappa shape index (κ2) is 3.75. The largest absolute Gasteiger partial charge is 0.330 e. The summed E-state index contributed by atoms with van der Waals surface area (Å²) >= 11 is 0. The lowest BCUT2D eigenvalue weighted by Gasteiger charge is -2.45. The molecule has 74 valence electrons. The zero-order valence-electron chi connectivity index (χ0n) is 9.15. The lowest BCUT2D eigenvalue weighted by molar-refractivity contribution is 0.0975. The van der Waals surface area contributed by atoms with Crippen molar-refractivity contribution in [2.45, 2.75) is 46.6 Å². The van der Waals surface area contributed by atoms with E-state index in [4.69, 9.17) is 11.5 Å². The van der Waals surface area contributed by atoms with E-state index in [2.05, 4.69) is 34.6 Å². The average Bonchev–Trinajstić information content (AvgIpc) is 1.85. The van der Waals surface area contributed by atoms with Crippen molar-refractivity contribution in [3.8, 4) is 0 Å². The summed E-state index contributed by atoms with van der Waals surface area (Å²) in [6.45, 7) is 11.5. The molecular weight excluding hydrogens is 148 g/mol. The maximum Gasteiger partial charge on any atom is 0.0154 e. The molecule has 4 N–H and O–H groups in total. The van der Waals surface area contributed by atoms with Gasteiger partial charge in [0, 0.05) is 5.54 Å². The van der Waals surface area contributed by atoms with Crippen LogP contribution in [0.5, 0.6) is 0 Å². The van der Waals surface area contributed by atoms with Crippen molar-refractivity contribution in [1.29, 1.82) is 0 Å². The molecule has 0 fully saturated rings. The van der Waals surface area contributed by atoms with E-state index in [0.29, 0.717) is 5.92 Å². The van der Waals surface area contributed by atoms with Gasteiger partial charge in [0.25, 0.3) is 0 Å². The fourth-order valence-electron chi connectivity index (χ4n) is 1.65. The van der Waals surface area contributed by atoms with Crippen LogP contribution in [-0.4, -0.2) is 12.1 Å². The van der Waals surface area contributed by atoms with E-state index in [1.54, 1.807) is 0 Å². The zero-order chi connectivity index (χ0) is 9.99. The molecule has 1 unspecified atom stereocenters. The molecule has 12 heavy (non-hydrogen) atoms. The topological polar surface area (TPSA) is 52.0 Å². The summed E-state index contributed by atoms with van der Waals surface area (Å²) in [6.07, 6.45) is 0.994. The minimum absolute atomic E-state index is 0.141. The molecule has 0 heterocycles. The highest BCUT2D eigenvalue weighted by molar-refractivity contribution is 4.95. The molecule has 0 amide bonds. The summed E-state index contributed by atoms with van der Waals surface area (Å²) in [5.74, 6) is 0.570. The summed E-state index contributed by atoms with van der Waals surface area (Å²) in [5, 5.41) is 0. The second-order valence-corrected chi connectivity index (χ2v) is 4.83. The van der Waals surface area contributed by atoms with Gasteiger partial charge in [-0.05, 0) is 38.1 Å². The van der Waals surface area contributed by atoms with E-state index in [1.165, 1.54) is 0 Å². The van der Waals surface area contributed by atoms with Crippen LogP contribution in [0.15, 0.2) is 0 Å². The van der Waals surface area contributed by atoms with Gasteiger partial charge in [0.2, 0.25) is 0 Å². The van der Waals surface area contributed by atoms with Gasteiger partial charge in [-0.2, -0.15) is 0 Å². The van der Waals surface area contributed by atoms with Crippen molar-refractivity contribution in [3.63, 3.8) is 0 Å². The second-order valence-electron chi connectivity index (χ2n) is 4.83. The Morgan fingerprint density at radius 3 is 1.67 bits per heavy atom. The van der Waals surface area contributed by atoms with Crippen LogP contribution in [0.25, 0.3) is 0 Å². The fourth-order valence-corrected chi connectivity index (χ4v) is 1.65. The van der Waals surface area contributed by atoms with Crippen molar-refractivity contribution in [1.82, 2.24) is 0 Å². The maximum absolute atomic E-state index is 6.15. The molecule has 2 nitrogen and oxygen atoms in total. The number of nitrogens with two attached hydrogens (primary N) is 2. The van der Waals surface area contributed by atoms with Crippen LogP contribution in [0.2, 0.25) is 0 Å². The minimum atomic E-state index is -0.152. The molecule has 0 saturated heterocycles. The first kappa shape index (κ1) is 11.9.